The summed E-state index contributed by atoms with van der Waals surface area (Å²) in [5.41, 5.74) is 0. The summed E-state index contributed by atoms with van der Waals surface area (Å²) < 4.78 is 75.6. The van der Waals surface area contributed by atoms with Gasteiger partial charge in [0, 0.05) is 34.3 Å². The second kappa shape index (κ2) is 27.3. The van der Waals surface area contributed by atoms with Crippen LogP contribution in [-0.2, 0) is 85.6 Å². The van der Waals surface area contributed by atoms with Crippen molar-refractivity contribution in [3.8, 4) is 0 Å². The summed E-state index contributed by atoms with van der Waals surface area (Å²) in [6, 6.07) is 0. The van der Waals surface area contributed by atoms with E-state index in [1.807, 2.05) is 0 Å². The molecule has 67 heavy (non-hydrogen) atoms. The quantitative estimate of drug-likeness (QED) is 0.0464. The second-order valence-electron chi connectivity index (χ2n) is 17.6. The maximum atomic E-state index is 12.4. The van der Waals surface area contributed by atoms with Crippen LogP contribution in [0.5, 0.6) is 0 Å². The van der Waals surface area contributed by atoms with Gasteiger partial charge < -0.3 is 82.0 Å². The van der Waals surface area contributed by atoms with Gasteiger partial charge in [0.05, 0.1) is 24.4 Å². The van der Waals surface area contributed by atoms with Crippen LogP contribution in [-0.4, -0.2) is 180 Å². The van der Waals surface area contributed by atoms with E-state index in [2.05, 4.69) is 6.92 Å². The molecule has 0 radical (unpaired) electrons. The maximum Gasteiger partial charge on any atom is 0.303 e. The number of aliphatic hydroxyl groups excluding tert-OH is 4. The lowest BCUT2D eigenvalue weighted by molar-refractivity contribution is -0.384. The van der Waals surface area contributed by atoms with Crippen LogP contribution in [0.4, 0.5) is 0 Å². The van der Waals surface area contributed by atoms with Gasteiger partial charge in [-0.25, -0.2) is 0 Å². The van der Waals surface area contributed by atoms with Crippen molar-refractivity contribution in [2.45, 2.75) is 249 Å². The molecule has 0 spiro atoms. The molecule has 0 aliphatic carbocycles. The molecule has 20 unspecified atom stereocenters. The van der Waals surface area contributed by atoms with Gasteiger partial charge in [-0.05, 0) is 34.1 Å². The van der Waals surface area contributed by atoms with Gasteiger partial charge in [0.2, 0.25) is 0 Å². The third-order valence-corrected chi connectivity index (χ3v) is 12.1. The SMILES string of the molecule is CCCCCCCCCCCCOC1OC(C)C(OC2OC(C)C(OC(C)=O)C(OC3OC(C)C(OC(C)=O)C(OC4OC(C)C(OC(C)=O)C(OC(C)=O)C4O)C3OC=O)C2O)C(O)C1O. The zero-order chi connectivity index (χ0) is 49.5. The predicted octanol–water partition coefficient (Wildman–Crippen LogP) is 1.77. The third-order valence-electron chi connectivity index (χ3n) is 12.1. The Kier molecular flexibility index (Phi) is 23.0. The van der Waals surface area contributed by atoms with Gasteiger partial charge in [-0.3, -0.25) is 24.0 Å². The fraction of sp³-hybridized carbons (Fsp3) is 0.889. The predicted molar refractivity (Wildman–Crippen MR) is 227 cm³/mol. The number of carbonyl (C=O) groups excluding carboxylic acids is 5. The summed E-state index contributed by atoms with van der Waals surface area (Å²) >= 11 is 0. The van der Waals surface area contributed by atoms with Gasteiger partial charge in [0.25, 0.3) is 6.47 Å². The summed E-state index contributed by atoms with van der Waals surface area (Å²) in [5, 5.41) is 45.7. The molecule has 0 bridgehead atoms. The fourth-order valence-electron chi connectivity index (χ4n) is 8.78. The maximum absolute atomic E-state index is 12.4. The highest BCUT2D eigenvalue weighted by atomic mass is 16.8. The van der Waals surface area contributed by atoms with Gasteiger partial charge in [-0.2, -0.15) is 0 Å². The summed E-state index contributed by atoms with van der Waals surface area (Å²) in [4.78, 5) is 61.0. The van der Waals surface area contributed by atoms with Gasteiger partial charge in [-0.15, -0.1) is 0 Å². The molecule has 0 aromatic rings. The van der Waals surface area contributed by atoms with E-state index in [9.17, 15) is 44.4 Å². The molecule has 4 fully saturated rings. The second-order valence-corrected chi connectivity index (χ2v) is 17.6. The number of hydrogen-bond acceptors (Lipinski definition) is 22. The van der Waals surface area contributed by atoms with Crippen LogP contribution in [0.25, 0.3) is 0 Å². The molecule has 0 aromatic carbocycles. The number of unbranched alkanes of at least 4 members (excludes halogenated alkanes) is 9. The summed E-state index contributed by atoms with van der Waals surface area (Å²) in [5.74, 6) is -3.20. The Morgan fingerprint density at radius 1 is 0.433 bits per heavy atom. The normalized spacial score (nSPS) is 38.9. The zero-order valence-electron chi connectivity index (χ0n) is 40.0. The van der Waals surface area contributed by atoms with Gasteiger partial charge >= 0.3 is 23.9 Å². The molecule has 22 heteroatoms. The van der Waals surface area contributed by atoms with Crippen LogP contribution >= 0.6 is 0 Å². The highest BCUT2D eigenvalue weighted by Crippen LogP contribution is 2.37. The average molecular weight is 967 g/mol. The molecule has 386 valence electrons. The van der Waals surface area contributed by atoms with Crippen LogP contribution < -0.4 is 0 Å². The number of esters is 4. The zero-order valence-corrected chi connectivity index (χ0v) is 40.0. The number of rotatable bonds is 24. The van der Waals surface area contributed by atoms with Crippen LogP contribution in [0.15, 0.2) is 0 Å². The van der Waals surface area contributed by atoms with Gasteiger partial charge in [-0.1, -0.05) is 64.7 Å². The molecule has 4 saturated heterocycles. The first-order valence-corrected chi connectivity index (χ1v) is 23.5. The van der Waals surface area contributed by atoms with Crippen molar-refractivity contribution < 1.29 is 106 Å². The third kappa shape index (κ3) is 15.9. The lowest BCUT2D eigenvalue weighted by atomic mass is 9.95. The van der Waals surface area contributed by atoms with Crippen molar-refractivity contribution in [1.82, 2.24) is 0 Å². The molecule has 0 amide bonds. The lowest BCUT2D eigenvalue weighted by Gasteiger charge is -2.50. The molecule has 0 saturated carbocycles. The van der Waals surface area contributed by atoms with E-state index < -0.39 is 147 Å². The molecule has 4 heterocycles. The van der Waals surface area contributed by atoms with E-state index in [1.165, 1.54) is 59.3 Å². The highest BCUT2D eigenvalue weighted by molar-refractivity contribution is 5.68. The molecule has 22 nitrogen and oxygen atoms in total. The van der Waals surface area contributed by atoms with Crippen molar-refractivity contribution in [2.75, 3.05) is 6.61 Å². The molecular formula is C45H74O22. The van der Waals surface area contributed by atoms with Crippen molar-refractivity contribution in [3.63, 3.8) is 0 Å². The number of aliphatic hydroxyl groups is 4. The molecule has 4 aliphatic heterocycles. The first kappa shape index (κ1) is 56.5. The summed E-state index contributed by atoms with van der Waals surface area (Å²) in [6.45, 7) is 12.9. The first-order chi connectivity index (χ1) is 31.8. The molecule has 4 N–H and O–H groups in total. The van der Waals surface area contributed by atoms with Crippen LogP contribution in [0.3, 0.4) is 0 Å². The Hall–Kier alpha value is -3.13. The van der Waals surface area contributed by atoms with E-state index in [-0.39, 0.29) is 6.47 Å². The van der Waals surface area contributed by atoms with Gasteiger partial charge in [0.1, 0.15) is 42.7 Å². The molecule has 4 aliphatic rings. The minimum absolute atomic E-state index is 0.0185. The van der Waals surface area contributed by atoms with Crippen molar-refractivity contribution in [3.05, 3.63) is 0 Å². The van der Waals surface area contributed by atoms with Crippen molar-refractivity contribution in [1.29, 1.82) is 0 Å². The Morgan fingerprint density at radius 2 is 0.806 bits per heavy atom. The molecule has 20 atom stereocenters. The molecule has 0 aromatic heterocycles. The number of ether oxygens (including phenoxy) is 13. The lowest BCUT2D eigenvalue weighted by Crippen LogP contribution is -2.67. The average Bonchev–Trinajstić information content (AvgIpc) is 3.25. The number of carbonyl (C=O) groups is 5. The molecule has 4 rings (SSSR count). The number of hydrogen-bond donors (Lipinski definition) is 4. The van der Waals surface area contributed by atoms with E-state index in [0.717, 1.165) is 53.4 Å². The standard InChI is InChI=1S/C45H74O22/c1-10-11-12-13-14-15-16-17-18-19-20-55-42-31(52)30(51)34(22(2)57-42)65-43-33(54)39(36(24(4)58-43)62-27(7)48)66-45-41(56-21-46)40(37(25(5)60-45)63-28(8)49)67-44-32(53)38(64-29(9)50)35(23(3)59-44)61-26(6)47/h21-25,30-45,51-54H,10-20H2,1-9H3. The van der Waals surface area contributed by atoms with Crippen LogP contribution in [0.1, 0.15) is 127 Å². The van der Waals surface area contributed by atoms with Crippen molar-refractivity contribution in [2.24, 2.45) is 0 Å². The summed E-state index contributed by atoms with van der Waals surface area (Å²) in [6.07, 6.45) is -17.7. The first-order valence-electron chi connectivity index (χ1n) is 23.5. The Bertz CT molecular complexity index is 1550. The van der Waals surface area contributed by atoms with Gasteiger partial charge in [0.15, 0.2) is 55.7 Å². The summed E-state index contributed by atoms with van der Waals surface area (Å²) in [7, 11) is 0. The van der Waals surface area contributed by atoms with Crippen LogP contribution in [0, 0.1) is 0 Å². The minimum atomic E-state index is -1.85. The Labute approximate surface area is 391 Å². The van der Waals surface area contributed by atoms with Crippen molar-refractivity contribution >= 4 is 30.3 Å². The van der Waals surface area contributed by atoms with E-state index in [1.54, 1.807) is 6.92 Å². The fourth-order valence-corrected chi connectivity index (χ4v) is 8.78. The molecular weight excluding hydrogens is 892 g/mol. The Balaban J connectivity index is 1.51. The minimum Gasteiger partial charge on any atom is -0.457 e. The smallest absolute Gasteiger partial charge is 0.303 e. The van der Waals surface area contributed by atoms with E-state index in [4.69, 9.17) is 61.6 Å². The highest BCUT2D eigenvalue weighted by Gasteiger charge is 2.57. The van der Waals surface area contributed by atoms with E-state index >= 15 is 0 Å². The monoisotopic (exact) mass is 966 g/mol. The van der Waals surface area contributed by atoms with E-state index in [0.29, 0.717) is 6.61 Å². The largest absolute Gasteiger partial charge is 0.457 e. The van der Waals surface area contributed by atoms with Crippen LogP contribution in [0.2, 0.25) is 0 Å². The topological polar surface area (TPSA) is 286 Å². The Morgan fingerprint density at radius 3 is 1.30 bits per heavy atom.